The van der Waals surface area contributed by atoms with Gasteiger partial charge in [-0.15, -0.1) is 11.6 Å². The van der Waals surface area contributed by atoms with E-state index in [4.69, 9.17) is 23.2 Å². The standard InChI is InChI=1S/C14H12Cl2/c1-10(15)11-5-7-12(8-6-11)13-3-2-4-14(16)9-13/h2-10H,1H3. The van der Waals surface area contributed by atoms with Crippen molar-refractivity contribution < 1.29 is 0 Å². The lowest BCUT2D eigenvalue weighted by atomic mass is 10.0. The van der Waals surface area contributed by atoms with Gasteiger partial charge in [0.1, 0.15) is 0 Å². The van der Waals surface area contributed by atoms with Crippen molar-refractivity contribution in [2.75, 3.05) is 0 Å². The molecule has 16 heavy (non-hydrogen) atoms. The second kappa shape index (κ2) is 4.90. The van der Waals surface area contributed by atoms with Crippen LogP contribution in [0.5, 0.6) is 0 Å². The molecule has 2 heteroatoms. The average Bonchev–Trinajstić information content (AvgIpc) is 2.29. The van der Waals surface area contributed by atoms with E-state index < -0.39 is 0 Å². The zero-order valence-electron chi connectivity index (χ0n) is 8.95. The van der Waals surface area contributed by atoms with Gasteiger partial charge in [0.2, 0.25) is 0 Å². The van der Waals surface area contributed by atoms with Crippen molar-refractivity contribution in [2.24, 2.45) is 0 Å². The first-order valence-electron chi connectivity index (χ1n) is 5.17. The molecule has 1 unspecified atom stereocenters. The third-order valence-corrected chi connectivity index (χ3v) is 3.02. The van der Waals surface area contributed by atoms with E-state index in [2.05, 4.69) is 12.1 Å². The number of halogens is 2. The molecule has 0 saturated carbocycles. The van der Waals surface area contributed by atoms with Crippen LogP contribution in [-0.4, -0.2) is 0 Å². The molecule has 0 aliphatic carbocycles. The van der Waals surface area contributed by atoms with E-state index >= 15 is 0 Å². The molecule has 82 valence electrons. The van der Waals surface area contributed by atoms with Crippen molar-refractivity contribution in [3.63, 3.8) is 0 Å². The molecular formula is C14H12Cl2. The fourth-order valence-electron chi connectivity index (χ4n) is 1.61. The second-order valence-corrected chi connectivity index (χ2v) is 4.84. The highest BCUT2D eigenvalue weighted by Crippen LogP contribution is 2.26. The molecule has 0 spiro atoms. The molecule has 0 amide bonds. The van der Waals surface area contributed by atoms with Crippen LogP contribution in [0.15, 0.2) is 48.5 Å². The summed E-state index contributed by atoms with van der Waals surface area (Å²) >= 11 is 12.0. The molecule has 2 rings (SSSR count). The maximum Gasteiger partial charge on any atom is 0.0557 e. The number of hydrogen-bond donors (Lipinski definition) is 0. The summed E-state index contributed by atoms with van der Waals surface area (Å²) in [4.78, 5) is 0. The van der Waals surface area contributed by atoms with Crippen LogP contribution in [0.25, 0.3) is 11.1 Å². The van der Waals surface area contributed by atoms with Crippen molar-refractivity contribution in [2.45, 2.75) is 12.3 Å². The van der Waals surface area contributed by atoms with Crippen LogP contribution in [0.4, 0.5) is 0 Å². The third kappa shape index (κ3) is 2.58. The van der Waals surface area contributed by atoms with Crippen LogP contribution in [0.3, 0.4) is 0 Å². The fraction of sp³-hybridized carbons (Fsp3) is 0.143. The normalized spacial score (nSPS) is 12.4. The Morgan fingerprint density at radius 1 is 0.938 bits per heavy atom. The van der Waals surface area contributed by atoms with Crippen LogP contribution in [-0.2, 0) is 0 Å². The summed E-state index contributed by atoms with van der Waals surface area (Å²) in [7, 11) is 0. The minimum atomic E-state index is 0.0495. The Kier molecular flexibility index (Phi) is 3.52. The Labute approximate surface area is 106 Å². The Morgan fingerprint density at radius 3 is 2.19 bits per heavy atom. The molecule has 0 aromatic heterocycles. The van der Waals surface area contributed by atoms with Crippen LogP contribution in [0, 0.1) is 0 Å². The Morgan fingerprint density at radius 2 is 1.62 bits per heavy atom. The van der Waals surface area contributed by atoms with Gasteiger partial charge in [-0.2, -0.15) is 0 Å². The predicted octanol–water partition coefficient (Wildman–Crippen LogP) is 5.31. The first kappa shape index (κ1) is 11.5. The summed E-state index contributed by atoms with van der Waals surface area (Å²) in [6.45, 7) is 1.97. The first-order valence-corrected chi connectivity index (χ1v) is 5.98. The number of alkyl halides is 1. The number of benzene rings is 2. The molecule has 0 saturated heterocycles. The van der Waals surface area contributed by atoms with Gasteiger partial charge in [0, 0.05) is 5.02 Å². The molecule has 0 radical (unpaired) electrons. The summed E-state index contributed by atoms with van der Waals surface area (Å²) in [5.74, 6) is 0. The maximum atomic E-state index is 6.01. The van der Waals surface area contributed by atoms with Crippen LogP contribution in [0.1, 0.15) is 17.9 Å². The van der Waals surface area contributed by atoms with Crippen LogP contribution in [0.2, 0.25) is 5.02 Å². The molecule has 0 bridgehead atoms. The van der Waals surface area contributed by atoms with Crippen LogP contribution >= 0.6 is 23.2 Å². The molecule has 2 aromatic carbocycles. The van der Waals surface area contributed by atoms with Crippen molar-refractivity contribution in [1.82, 2.24) is 0 Å². The van der Waals surface area contributed by atoms with Gasteiger partial charge in [0.05, 0.1) is 5.38 Å². The molecule has 0 N–H and O–H groups in total. The summed E-state index contributed by atoms with van der Waals surface area (Å²) in [6, 6.07) is 16.1. The lowest BCUT2D eigenvalue weighted by Gasteiger charge is -2.06. The van der Waals surface area contributed by atoms with Crippen molar-refractivity contribution in [1.29, 1.82) is 0 Å². The first-order chi connectivity index (χ1) is 7.66. The van der Waals surface area contributed by atoms with Gasteiger partial charge in [0.15, 0.2) is 0 Å². The summed E-state index contributed by atoms with van der Waals surface area (Å²) in [5, 5.41) is 0.806. The van der Waals surface area contributed by atoms with Crippen molar-refractivity contribution in [3.8, 4) is 11.1 Å². The minimum Gasteiger partial charge on any atom is -0.118 e. The average molecular weight is 251 g/mol. The lowest BCUT2D eigenvalue weighted by molar-refractivity contribution is 1.08. The monoisotopic (exact) mass is 250 g/mol. The molecule has 0 fully saturated rings. The topological polar surface area (TPSA) is 0 Å². The van der Waals surface area contributed by atoms with E-state index in [0.717, 1.165) is 21.7 Å². The molecule has 1 atom stereocenters. The van der Waals surface area contributed by atoms with Gasteiger partial charge in [-0.25, -0.2) is 0 Å². The van der Waals surface area contributed by atoms with Crippen molar-refractivity contribution in [3.05, 3.63) is 59.1 Å². The highest BCUT2D eigenvalue weighted by atomic mass is 35.5. The Hall–Kier alpha value is -0.980. The largest absolute Gasteiger partial charge is 0.118 e. The van der Waals surface area contributed by atoms with Gasteiger partial charge in [-0.3, -0.25) is 0 Å². The van der Waals surface area contributed by atoms with E-state index in [9.17, 15) is 0 Å². The van der Waals surface area contributed by atoms with E-state index in [-0.39, 0.29) is 5.38 Å². The highest BCUT2D eigenvalue weighted by Gasteiger charge is 2.02. The van der Waals surface area contributed by atoms with Crippen LogP contribution < -0.4 is 0 Å². The van der Waals surface area contributed by atoms with Gasteiger partial charge >= 0.3 is 0 Å². The fourth-order valence-corrected chi connectivity index (χ4v) is 1.94. The number of hydrogen-bond acceptors (Lipinski definition) is 0. The SMILES string of the molecule is CC(Cl)c1ccc(-c2cccc(Cl)c2)cc1. The van der Waals surface area contributed by atoms with E-state index in [1.54, 1.807) is 0 Å². The highest BCUT2D eigenvalue weighted by molar-refractivity contribution is 6.30. The van der Waals surface area contributed by atoms with E-state index in [0.29, 0.717) is 0 Å². The molecule has 0 aliphatic rings. The molecule has 0 nitrogen and oxygen atoms in total. The van der Waals surface area contributed by atoms with Gasteiger partial charge in [-0.1, -0.05) is 48.0 Å². The molecule has 0 aliphatic heterocycles. The lowest BCUT2D eigenvalue weighted by Crippen LogP contribution is -1.84. The maximum absolute atomic E-state index is 6.01. The minimum absolute atomic E-state index is 0.0495. The van der Waals surface area contributed by atoms with Gasteiger partial charge < -0.3 is 0 Å². The zero-order valence-corrected chi connectivity index (χ0v) is 10.5. The number of rotatable bonds is 2. The zero-order chi connectivity index (χ0) is 11.5. The van der Waals surface area contributed by atoms with E-state index in [1.807, 2.05) is 43.3 Å². The quantitative estimate of drug-likeness (QED) is 0.634. The molecule has 2 aromatic rings. The second-order valence-electron chi connectivity index (χ2n) is 3.75. The molecule has 0 heterocycles. The van der Waals surface area contributed by atoms with Gasteiger partial charge in [-0.05, 0) is 35.7 Å². The van der Waals surface area contributed by atoms with Crippen molar-refractivity contribution >= 4 is 23.2 Å². The van der Waals surface area contributed by atoms with Gasteiger partial charge in [0.25, 0.3) is 0 Å². The smallest absolute Gasteiger partial charge is 0.0557 e. The Bertz CT molecular complexity index is 472. The predicted molar refractivity (Wildman–Crippen MR) is 71.2 cm³/mol. The molecular weight excluding hydrogens is 239 g/mol. The van der Waals surface area contributed by atoms with E-state index in [1.165, 1.54) is 0 Å². The summed E-state index contributed by atoms with van der Waals surface area (Å²) in [5.41, 5.74) is 3.41. The summed E-state index contributed by atoms with van der Waals surface area (Å²) < 4.78 is 0. The Balaban J connectivity index is 2.35. The summed E-state index contributed by atoms with van der Waals surface area (Å²) in [6.07, 6.45) is 0. The third-order valence-electron chi connectivity index (χ3n) is 2.53.